The van der Waals surface area contributed by atoms with Crippen LogP contribution < -0.4 is 0 Å². The van der Waals surface area contributed by atoms with Crippen LogP contribution in [-0.2, 0) is 19.1 Å². The molecule has 1 N–H and O–H groups in total. The molecule has 8 rings (SSSR count). The van der Waals surface area contributed by atoms with E-state index in [4.69, 9.17) is 19.7 Å². The van der Waals surface area contributed by atoms with E-state index in [1.54, 1.807) is 18.1 Å². The number of H-pyrrole nitrogens is 1. The van der Waals surface area contributed by atoms with Crippen LogP contribution in [0, 0.1) is 0 Å². The van der Waals surface area contributed by atoms with Gasteiger partial charge in [0.2, 0.25) is 11.8 Å². The van der Waals surface area contributed by atoms with Gasteiger partial charge in [-0.3, -0.25) is 24.3 Å². The Hall–Kier alpha value is -6.27. The normalized spacial score (nSPS) is 18.3. The molecule has 12 nitrogen and oxygen atoms in total. The van der Waals surface area contributed by atoms with Crippen LogP contribution in [0.4, 0.5) is 0 Å². The maximum atomic E-state index is 14.4. The van der Waals surface area contributed by atoms with E-state index in [0.717, 1.165) is 90.1 Å². The molecule has 2 amide bonds. The van der Waals surface area contributed by atoms with E-state index in [2.05, 4.69) is 31.9 Å². The Morgan fingerprint density at radius 3 is 2.15 bits per heavy atom. The fraction of sp³-hybridized carbons (Fsp3) is 0.354. The highest BCUT2D eigenvalue weighted by atomic mass is 16.5. The molecule has 5 heterocycles. The van der Waals surface area contributed by atoms with Crippen molar-refractivity contribution >= 4 is 29.1 Å². The summed E-state index contributed by atoms with van der Waals surface area (Å²) >= 11 is 0. The fourth-order valence-electron chi connectivity index (χ4n) is 8.72. The van der Waals surface area contributed by atoms with Gasteiger partial charge in [-0.1, -0.05) is 91.3 Å². The van der Waals surface area contributed by atoms with Crippen molar-refractivity contribution in [2.45, 2.75) is 75.9 Å². The maximum Gasteiger partial charge on any atom is 0.306 e. The number of carbonyl (C=O) groups excluding carboxylic acids is 3. The Kier molecular flexibility index (Phi) is 12.4. The van der Waals surface area contributed by atoms with Crippen LogP contribution >= 0.6 is 0 Å². The molecule has 2 aromatic heterocycles. The van der Waals surface area contributed by atoms with Crippen LogP contribution in [0.25, 0.3) is 28.2 Å². The summed E-state index contributed by atoms with van der Waals surface area (Å²) in [5.41, 5.74) is 7.44. The molecule has 4 atom stereocenters. The first kappa shape index (κ1) is 40.5. The number of methoxy groups -OCH3 is 1. The van der Waals surface area contributed by atoms with Gasteiger partial charge >= 0.3 is 5.97 Å². The molecule has 2 fully saturated rings. The topological polar surface area (TPSA) is 137 Å². The highest BCUT2D eigenvalue weighted by Gasteiger charge is 2.40. The lowest BCUT2D eigenvalue weighted by atomic mass is 9.94. The number of esters is 1. The number of aromatic amines is 1. The Bertz CT molecular complexity index is 2340. The van der Waals surface area contributed by atoms with Gasteiger partial charge in [0.25, 0.3) is 0 Å². The summed E-state index contributed by atoms with van der Waals surface area (Å²) in [4.78, 5) is 68.7. The van der Waals surface area contributed by atoms with Gasteiger partial charge in [-0.05, 0) is 68.0 Å². The zero-order valence-electron chi connectivity index (χ0n) is 34.5. The molecule has 12 heteroatoms. The molecule has 60 heavy (non-hydrogen) atoms. The summed E-state index contributed by atoms with van der Waals surface area (Å²) in [6.45, 7) is 4.55. The average Bonchev–Trinajstić information content (AvgIpc) is 4.11. The summed E-state index contributed by atoms with van der Waals surface area (Å²) in [7, 11) is 3.05. The third kappa shape index (κ3) is 8.70. The third-order valence-corrected chi connectivity index (χ3v) is 12.3. The summed E-state index contributed by atoms with van der Waals surface area (Å²) in [6, 6.07) is 26.8. The van der Waals surface area contributed by atoms with E-state index in [1.165, 1.54) is 13.5 Å². The Morgan fingerprint density at radius 2 is 1.47 bits per heavy atom. The number of benzene rings is 3. The van der Waals surface area contributed by atoms with Gasteiger partial charge in [-0.2, -0.15) is 0 Å². The number of nitrogens with zero attached hydrogens (tertiary/aromatic N) is 7. The first-order chi connectivity index (χ1) is 29.3. The molecule has 3 aromatic carbocycles. The minimum absolute atomic E-state index is 0.0106. The summed E-state index contributed by atoms with van der Waals surface area (Å²) in [5.74, 6) is 0.114. The van der Waals surface area contributed by atoms with Crippen LogP contribution in [0.3, 0.4) is 0 Å². The van der Waals surface area contributed by atoms with Crippen molar-refractivity contribution in [3.63, 3.8) is 0 Å². The van der Waals surface area contributed by atoms with Crippen molar-refractivity contribution in [2.75, 3.05) is 33.8 Å². The van der Waals surface area contributed by atoms with Crippen molar-refractivity contribution in [3.8, 4) is 22.6 Å². The minimum Gasteiger partial charge on any atom is -0.469 e. The van der Waals surface area contributed by atoms with Crippen molar-refractivity contribution in [2.24, 2.45) is 4.99 Å². The Labute approximate surface area is 351 Å². The predicted octanol–water partition coefficient (Wildman–Crippen LogP) is 7.80. The second-order valence-corrected chi connectivity index (χ2v) is 16.0. The number of aromatic nitrogens is 4. The second-order valence-electron chi connectivity index (χ2n) is 16.0. The molecular weight excluding hydrogens is 753 g/mol. The van der Waals surface area contributed by atoms with E-state index < -0.39 is 11.9 Å². The predicted molar refractivity (Wildman–Crippen MR) is 231 cm³/mol. The summed E-state index contributed by atoms with van der Waals surface area (Å²) in [6.07, 6.45) is 13.4. The largest absolute Gasteiger partial charge is 0.469 e. The monoisotopic (exact) mass is 804 g/mol. The van der Waals surface area contributed by atoms with Crippen LogP contribution in [0.1, 0.15) is 92.4 Å². The van der Waals surface area contributed by atoms with Gasteiger partial charge in [-0.15, -0.1) is 0 Å². The Balaban J connectivity index is 0.891. The number of imidazole rings is 1. The number of ether oxygens (including phenoxy) is 1. The van der Waals surface area contributed by atoms with Crippen LogP contribution in [-0.4, -0.2) is 98.0 Å². The van der Waals surface area contributed by atoms with Crippen LogP contribution in [0.5, 0.6) is 0 Å². The number of amides is 2. The first-order valence-electron chi connectivity index (χ1n) is 21.0. The zero-order chi connectivity index (χ0) is 41.6. The lowest BCUT2D eigenvalue weighted by molar-refractivity contribution is -0.145. The van der Waals surface area contributed by atoms with Crippen LogP contribution in [0.2, 0.25) is 0 Å². The zero-order valence-corrected chi connectivity index (χ0v) is 34.5. The number of hydrogen-bond acceptors (Lipinski definition) is 9. The highest BCUT2D eigenvalue weighted by molar-refractivity contribution is 6.03. The van der Waals surface area contributed by atoms with Gasteiger partial charge in [0.05, 0.1) is 43.4 Å². The number of piperidine rings is 1. The molecule has 308 valence electrons. The number of nitrogens with one attached hydrogen (secondary N) is 1. The third-order valence-electron chi connectivity index (χ3n) is 12.3. The number of rotatable bonds is 13. The SMILES string of the molecule is COC(=O)C[C@@H](C(=O)N(C)[C@@H](C)c1ncc(-c2ccc(-c3ncc(C4=CN=C([C@@H]5CCCN5C(=O)[C@@H](c5ccccc5)N5CCCCC5)C4)cn3)cc2)[nH]1)c1ccccc1. The molecule has 3 aliphatic heterocycles. The molecule has 0 bridgehead atoms. The van der Waals surface area contributed by atoms with Gasteiger partial charge < -0.3 is 19.5 Å². The lowest BCUT2D eigenvalue weighted by Crippen LogP contribution is -2.48. The number of likely N-dealkylation sites (N-methyl/N-ethyl adjacent to an activating group) is 1. The minimum atomic E-state index is -0.673. The number of aliphatic imine (C=N–C) groups is 1. The number of likely N-dealkylation sites (tertiary alicyclic amines) is 2. The van der Waals surface area contributed by atoms with Gasteiger partial charge in [0.1, 0.15) is 11.9 Å². The molecular formula is C48H52N8O4. The van der Waals surface area contributed by atoms with Gasteiger partial charge in [-0.25, -0.2) is 15.0 Å². The standard InChI is InChI=1S/C48H52N8O4/c1-32(54(2)47(58)39(27-43(57)60-3)33-14-7-4-8-15-33)45-52-31-41(53-45)34-19-21-36(22-20-34)46-50-29-38(30-51-46)37-26-40(49-28-37)42-18-13-25-56(42)48(59)44(35-16-9-5-10-17-35)55-23-11-6-12-24-55/h4-5,7-10,14-17,19-22,28-32,39,42,44H,6,11-13,18,23-27H2,1-3H3,(H,52,53)/t32-,39+,42-,44+/m0/s1. The van der Waals surface area contributed by atoms with E-state index >= 15 is 0 Å². The second kappa shape index (κ2) is 18.3. The van der Waals surface area contributed by atoms with Crippen molar-refractivity contribution < 1.29 is 19.1 Å². The Morgan fingerprint density at radius 1 is 0.800 bits per heavy atom. The molecule has 0 radical (unpaired) electrons. The van der Waals surface area contributed by atoms with E-state index in [9.17, 15) is 14.4 Å². The molecule has 0 aliphatic carbocycles. The molecule has 0 spiro atoms. The van der Waals surface area contributed by atoms with E-state index in [1.807, 2.05) is 98.3 Å². The quantitative estimate of drug-likeness (QED) is 0.119. The molecule has 0 unspecified atom stereocenters. The summed E-state index contributed by atoms with van der Waals surface area (Å²) in [5, 5.41) is 0. The lowest BCUT2D eigenvalue weighted by Gasteiger charge is -2.37. The molecule has 0 saturated carbocycles. The summed E-state index contributed by atoms with van der Waals surface area (Å²) < 4.78 is 4.90. The van der Waals surface area contributed by atoms with Crippen molar-refractivity contribution in [1.29, 1.82) is 0 Å². The van der Waals surface area contributed by atoms with E-state index in [-0.39, 0.29) is 36.4 Å². The van der Waals surface area contributed by atoms with E-state index in [0.29, 0.717) is 18.1 Å². The number of hydrogen-bond donors (Lipinski definition) is 1. The van der Waals surface area contributed by atoms with Crippen molar-refractivity contribution in [1.82, 2.24) is 34.6 Å². The fourth-order valence-corrected chi connectivity index (χ4v) is 8.72. The van der Waals surface area contributed by atoms with Crippen LogP contribution in [0.15, 0.2) is 115 Å². The number of carbonyl (C=O) groups is 3. The average molecular weight is 805 g/mol. The number of allylic oxidation sites excluding steroid dienone is 1. The first-order valence-corrected chi connectivity index (χ1v) is 21.0. The molecule has 2 saturated heterocycles. The highest BCUT2D eigenvalue weighted by Crippen LogP contribution is 2.34. The van der Waals surface area contributed by atoms with Gasteiger partial charge in [0, 0.05) is 55.4 Å². The molecule has 5 aromatic rings. The van der Waals surface area contributed by atoms with Gasteiger partial charge in [0.15, 0.2) is 5.82 Å². The molecule has 3 aliphatic rings. The maximum absolute atomic E-state index is 14.4. The van der Waals surface area contributed by atoms with Crippen molar-refractivity contribution in [3.05, 3.63) is 132 Å². The smallest absolute Gasteiger partial charge is 0.306 e.